The number of halogens is 1. The van der Waals surface area contributed by atoms with Crippen molar-refractivity contribution in [3.8, 4) is 0 Å². The fourth-order valence-corrected chi connectivity index (χ4v) is 5.54. The highest BCUT2D eigenvalue weighted by Gasteiger charge is 2.31. The molecule has 156 valence electrons. The molecule has 0 unspecified atom stereocenters. The first kappa shape index (κ1) is 22.0. The molecular formula is C21H24BrN2O4S-. The highest BCUT2D eigenvalue weighted by atomic mass is 79.9. The Hall–Kier alpha value is -1.74. The molecule has 2 aromatic rings. The number of amides is 1. The van der Waals surface area contributed by atoms with E-state index in [9.17, 15) is 18.4 Å². The minimum atomic E-state index is -3.67. The first-order valence-corrected chi connectivity index (χ1v) is 11.8. The third-order valence-corrected chi connectivity index (χ3v) is 7.79. The number of nitrogens with one attached hydrogen (secondary N) is 1. The van der Waals surface area contributed by atoms with Crippen LogP contribution in [0, 0.1) is 17.0 Å². The molecule has 0 spiro atoms. The van der Waals surface area contributed by atoms with Gasteiger partial charge in [0.05, 0.1) is 4.90 Å². The van der Waals surface area contributed by atoms with Gasteiger partial charge in [-0.05, 0) is 61.4 Å². The Kier molecular flexibility index (Phi) is 7.45. The van der Waals surface area contributed by atoms with Gasteiger partial charge in [-0.15, -0.1) is 0 Å². The van der Waals surface area contributed by atoms with Crippen molar-refractivity contribution in [2.24, 2.45) is 11.8 Å². The largest absolute Gasteiger partial charge is 0.759 e. The van der Waals surface area contributed by atoms with Crippen LogP contribution in [0.1, 0.15) is 31.2 Å². The van der Waals surface area contributed by atoms with Gasteiger partial charge in [0.2, 0.25) is 15.9 Å². The summed E-state index contributed by atoms with van der Waals surface area (Å²) >= 11 is 3.34. The van der Waals surface area contributed by atoms with Crippen LogP contribution in [0.4, 0.5) is 0 Å². The summed E-state index contributed by atoms with van der Waals surface area (Å²) in [6, 6.07) is 16.2. The van der Waals surface area contributed by atoms with Gasteiger partial charge in [-0.25, -0.2) is 8.42 Å². The van der Waals surface area contributed by atoms with Gasteiger partial charge in [0.1, 0.15) is 0 Å². The summed E-state index contributed by atoms with van der Waals surface area (Å²) in [5, 5.41) is 10.6. The lowest BCUT2D eigenvalue weighted by atomic mass is 9.81. The number of carbonyl (C=O) groups is 1. The van der Waals surface area contributed by atoms with Crippen LogP contribution in [0.15, 0.2) is 64.0 Å². The lowest BCUT2D eigenvalue weighted by molar-refractivity contribution is -0.125. The van der Waals surface area contributed by atoms with Crippen molar-refractivity contribution >= 4 is 31.9 Å². The predicted octanol–water partition coefficient (Wildman–Crippen LogP) is 4.06. The van der Waals surface area contributed by atoms with Crippen molar-refractivity contribution < 1.29 is 13.2 Å². The molecule has 29 heavy (non-hydrogen) atoms. The molecule has 3 rings (SSSR count). The summed E-state index contributed by atoms with van der Waals surface area (Å²) in [5.74, 6) is -0.582. The summed E-state index contributed by atoms with van der Waals surface area (Å²) in [6.45, 7) is 0.680. The second-order valence-corrected chi connectivity index (χ2v) is 10.3. The Bertz CT molecular complexity index is 911. The van der Waals surface area contributed by atoms with Crippen LogP contribution >= 0.6 is 15.9 Å². The fourth-order valence-electron chi connectivity index (χ4n) is 3.77. The third-order valence-electron chi connectivity index (χ3n) is 5.43. The van der Waals surface area contributed by atoms with E-state index >= 15 is 0 Å². The van der Waals surface area contributed by atoms with Crippen LogP contribution in [0.5, 0.6) is 0 Å². The molecule has 0 heterocycles. The van der Waals surface area contributed by atoms with Crippen molar-refractivity contribution in [2.45, 2.75) is 37.1 Å². The van der Waals surface area contributed by atoms with Crippen LogP contribution in [0.3, 0.4) is 0 Å². The molecule has 1 aliphatic rings. The zero-order valence-corrected chi connectivity index (χ0v) is 18.4. The van der Waals surface area contributed by atoms with Gasteiger partial charge in [0, 0.05) is 23.5 Å². The molecule has 6 nitrogen and oxygen atoms in total. The second-order valence-electron chi connectivity index (χ2n) is 7.42. The van der Waals surface area contributed by atoms with Gasteiger partial charge in [-0.2, -0.15) is 4.31 Å². The Balaban J connectivity index is 1.78. The topological polar surface area (TPSA) is 89.5 Å². The summed E-state index contributed by atoms with van der Waals surface area (Å²) in [7, 11) is -3.67. The number of carbonyl (C=O) groups excluding carboxylic acids is 1. The van der Waals surface area contributed by atoms with Crippen LogP contribution in [0.2, 0.25) is 0 Å². The molecule has 1 amide bonds. The van der Waals surface area contributed by atoms with E-state index in [4.69, 9.17) is 0 Å². The van der Waals surface area contributed by atoms with Crippen LogP contribution < -0.4 is 5.48 Å². The van der Waals surface area contributed by atoms with Crippen molar-refractivity contribution in [3.63, 3.8) is 0 Å². The molecule has 0 aliphatic heterocycles. The van der Waals surface area contributed by atoms with Gasteiger partial charge < -0.3 is 10.7 Å². The van der Waals surface area contributed by atoms with Gasteiger partial charge in [0.25, 0.3) is 0 Å². The number of benzene rings is 2. The maximum atomic E-state index is 13.3. The van der Waals surface area contributed by atoms with Crippen LogP contribution in [-0.2, 0) is 21.4 Å². The van der Waals surface area contributed by atoms with E-state index in [1.807, 2.05) is 30.3 Å². The molecule has 0 saturated heterocycles. The summed E-state index contributed by atoms with van der Waals surface area (Å²) in [5.41, 5.74) is 2.40. The first-order valence-electron chi connectivity index (χ1n) is 9.62. The highest BCUT2D eigenvalue weighted by Crippen LogP contribution is 2.31. The summed E-state index contributed by atoms with van der Waals surface area (Å²) < 4.78 is 29.0. The maximum absolute atomic E-state index is 13.3. The number of hydrogen-bond donors (Lipinski definition) is 1. The molecule has 1 aliphatic carbocycles. The molecule has 8 heteroatoms. The third kappa shape index (κ3) is 5.66. The minimum absolute atomic E-state index is 0.152. The lowest BCUT2D eigenvalue weighted by Crippen LogP contribution is -2.37. The fraction of sp³-hybridized carbons (Fsp3) is 0.381. The predicted molar refractivity (Wildman–Crippen MR) is 115 cm³/mol. The Labute approximate surface area is 180 Å². The number of sulfonamides is 1. The Morgan fingerprint density at radius 3 is 2.24 bits per heavy atom. The highest BCUT2D eigenvalue weighted by molar-refractivity contribution is 9.10. The van der Waals surface area contributed by atoms with Crippen molar-refractivity contribution in [2.75, 3.05) is 6.54 Å². The number of nitrogens with zero attached hydrogens (tertiary/aromatic N) is 1. The molecule has 1 N–H and O–H groups in total. The van der Waals surface area contributed by atoms with Gasteiger partial charge in [-0.3, -0.25) is 4.79 Å². The molecular weight excluding hydrogens is 456 g/mol. The minimum Gasteiger partial charge on any atom is -0.759 e. The Morgan fingerprint density at radius 2 is 1.66 bits per heavy atom. The molecule has 2 aromatic carbocycles. The van der Waals surface area contributed by atoms with E-state index in [2.05, 4.69) is 15.9 Å². The van der Waals surface area contributed by atoms with Gasteiger partial charge >= 0.3 is 0 Å². The zero-order chi connectivity index (χ0) is 20.9. The van der Waals surface area contributed by atoms with E-state index in [0.29, 0.717) is 25.9 Å². The molecule has 0 aromatic heterocycles. The molecule has 0 radical (unpaired) electrons. The first-order chi connectivity index (χ1) is 13.9. The smallest absolute Gasteiger partial charge is 0.243 e. The molecule has 0 atom stereocenters. The van der Waals surface area contributed by atoms with Crippen molar-refractivity contribution in [3.05, 3.63) is 69.8 Å². The number of hydroxylamine groups is 1. The summed E-state index contributed by atoms with van der Waals surface area (Å²) in [6.07, 6.45) is 2.66. The molecule has 0 bridgehead atoms. The van der Waals surface area contributed by atoms with E-state index in [1.165, 1.54) is 9.79 Å². The average Bonchev–Trinajstić information content (AvgIpc) is 2.74. The standard InChI is InChI=1S/C21H24BrN2O4S/c22-19-10-12-20(13-11-19)29(27,28)24(14-16-4-2-1-3-5-16)15-17-6-8-18(9-7-17)21(25)23-26/h1-5,10-13,17-18H,6-9,14-15H2,(H-,23,25,26)/q-1. The number of hydrogen-bond acceptors (Lipinski definition) is 4. The molecule has 1 fully saturated rings. The quantitative estimate of drug-likeness (QED) is 0.606. The zero-order valence-electron chi connectivity index (χ0n) is 16.0. The average molecular weight is 480 g/mol. The van der Waals surface area contributed by atoms with E-state index in [0.717, 1.165) is 22.9 Å². The van der Waals surface area contributed by atoms with Crippen molar-refractivity contribution in [1.29, 1.82) is 0 Å². The maximum Gasteiger partial charge on any atom is 0.243 e. The Morgan fingerprint density at radius 1 is 1.03 bits per heavy atom. The van der Waals surface area contributed by atoms with Crippen LogP contribution in [-0.4, -0.2) is 25.2 Å². The van der Waals surface area contributed by atoms with Crippen molar-refractivity contribution in [1.82, 2.24) is 9.79 Å². The van der Waals surface area contributed by atoms with E-state index in [1.54, 1.807) is 24.3 Å². The lowest BCUT2D eigenvalue weighted by Gasteiger charge is -2.32. The monoisotopic (exact) mass is 479 g/mol. The number of rotatable bonds is 7. The summed E-state index contributed by atoms with van der Waals surface area (Å²) in [4.78, 5) is 11.8. The van der Waals surface area contributed by atoms with E-state index < -0.39 is 15.9 Å². The van der Waals surface area contributed by atoms with E-state index in [-0.39, 0.29) is 16.7 Å². The van der Waals surface area contributed by atoms with Gasteiger partial charge in [-0.1, -0.05) is 46.3 Å². The SMILES string of the molecule is O=C(N[O-])C1CCC(CN(Cc2ccccc2)S(=O)(=O)c2ccc(Br)cc2)CC1. The van der Waals surface area contributed by atoms with Crippen LogP contribution in [0.25, 0.3) is 0 Å². The normalized spacial score (nSPS) is 19.8. The molecule has 1 saturated carbocycles. The van der Waals surface area contributed by atoms with Gasteiger partial charge in [0.15, 0.2) is 0 Å². The second kappa shape index (κ2) is 9.84.